The lowest BCUT2D eigenvalue weighted by atomic mass is 9.87. The molecular formula is C25H22F3N5O4. The van der Waals surface area contributed by atoms with Crippen LogP contribution in [0.3, 0.4) is 0 Å². The van der Waals surface area contributed by atoms with Crippen LogP contribution in [0.25, 0.3) is 0 Å². The fourth-order valence-electron chi connectivity index (χ4n) is 4.24. The molecular weight excluding hydrogens is 491 g/mol. The second kappa shape index (κ2) is 10.5. The summed E-state index contributed by atoms with van der Waals surface area (Å²) in [6.45, 7) is 1.40. The number of carbonyl (C=O) groups excluding carboxylic acids is 3. The molecule has 12 heteroatoms. The quantitative estimate of drug-likeness (QED) is 0.441. The molecule has 0 spiro atoms. The van der Waals surface area contributed by atoms with Gasteiger partial charge in [-0.05, 0) is 54.8 Å². The number of nitriles is 1. The number of halogens is 3. The largest absolute Gasteiger partial charge is 0.466 e. The van der Waals surface area contributed by atoms with Gasteiger partial charge >= 0.3 is 18.2 Å². The molecule has 1 atom stereocenters. The van der Waals surface area contributed by atoms with Crippen molar-refractivity contribution in [3.8, 4) is 6.07 Å². The first-order valence-electron chi connectivity index (χ1n) is 10.9. The van der Waals surface area contributed by atoms with Crippen molar-refractivity contribution in [2.24, 2.45) is 5.73 Å². The van der Waals surface area contributed by atoms with Crippen LogP contribution in [-0.4, -0.2) is 36.3 Å². The van der Waals surface area contributed by atoms with Gasteiger partial charge in [-0.15, -0.1) is 0 Å². The number of aryl methyl sites for hydroxylation is 1. The number of nitrogens with one attached hydrogen (secondary N) is 1. The van der Waals surface area contributed by atoms with Gasteiger partial charge in [-0.1, -0.05) is 12.1 Å². The second-order valence-corrected chi connectivity index (χ2v) is 8.04. The first kappa shape index (κ1) is 26.9. The van der Waals surface area contributed by atoms with Gasteiger partial charge in [-0.3, -0.25) is 15.2 Å². The van der Waals surface area contributed by atoms with E-state index in [1.165, 1.54) is 31.2 Å². The molecule has 2 aromatic carbocycles. The minimum Gasteiger partial charge on any atom is -0.466 e. The van der Waals surface area contributed by atoms with Crippen LogP contribution in [0.1, 0.15) is 41.6 Å². The van der Waals surface area contributed by atoms with E-state index in [4.69, 9.17) is 15.9 Å². The maximum Gasteiger partial charge on any atom is 0.416 e. The molecule has 3 rings (SSSR count). The maximum atomic E-state index is 13.4. The Kier molecular flexibility index (Phi) is 7.67. The Hall–Kier alpha value is -4.66. The number of carbonyl (C=O) groups is 3. The molecule has 0 bridgehead atoms. The van der Waals surface area contributed by atoms with Gasteiger partial charge in [-0.2, -0.15) is 18.4 Å². The number of primary amides is 1. The summed E-state index contributed by atoms with van der Waals surface area (Å²) in [6.07, 6.45) is -3.81. The van der Waals surface area contributed by atoms with E-state index in [-0.39, 0.29) is 35.4 Å². The number of allylic oxidation sites excluding steroid dienone is 1. The highest BCUT2D eigenvalue weighted by Gasteiger charge is 2.44. The van der Waals surface area contributed by atoms with Crippen molar-refractivity contribution >= 4 is 29.9 Å². The Morgan fingerprint density at radius 2 is 1.95 bits per heavy atom. The Bertz CT molecular complexity index is 1350. The van der Waals surface area contributed by atoms with Gasteiger partial charge in [0.2, 0.25) is 5.96 Å². The van der Waals surface area contributed by atoms with E-state index in [0.717, 1.165) is 35.1 Å². The third-order valence-electron chi connectivity index (χ3n) is 5.87. The Balaban J connectivity index is 2.34. The summed E-state index contributed by atoms with van der Waals surface area (Å²) in [6, 6.07) is 7.96. The highest BCUT2D eigenvalue weighted by Crippen LogP contribution is 2.42. The molecule has 0 saturated carbocycles. The summed E-state index contributed by atoms with van der Waals surface area (Å²) in [4.78, 5) is 38.5. The number of urea groups is 1. The number of nitrogens with zero attached hydrogens (tertiary/aromatic N) is 3. The van der Waals surface area contributed by atoms with Crippen molar-refractivity contribution in [1.82, 2.24) is 4.90 Å². The van der Waals surface area contributed by atoms with E-state index < -0.39 is 35.7 Å². The minimum atomic E-state index is -4.68. The number of guanidine groups is 1. The topological polar surface area (TPSA) is 141 Å². The van der Waals surface area contributed by atoms with Gasteiger partial charge in [0, 0.05) is 17.8 Å². The highest BCUT2D eigenvalue weighted by molar-refractivity contribution is 6.10. The standard InChI is InChI=1S/C25H22F3N5O4/c1-14-20(22(35)37-2)21(19-9-8-15(13-29)11-16(19)5-4-10-34)33(24(31)36)23(30)32(14)18-7-3-6-17(12-18)25(26,27)28/h3,6-12,21,30H,4-5H2,1-2H3,(H2,31,36)/t21-/m1/s1. The highest BCUT2D eigenvalue weighted by atomic mass is 19.4. The predicted molar refractivity (Wildman–Crippen MR) is 126 cm³/mol. The van der Waals surface area contributed by atoms with Crippen molar-refractivity contribution in [2.75, 3.05) is 12.0 Å². The molecule has 1 aliphatic heterocycles. The lowest BCUT2D eigenvalue weighted by molar-refractivity contribution is -0.138. The van der Waals surface area contributed by atoms with Gasteiger partial charge in [0.05, 0.1) is 29.9 Å². The van der Waals surface area contributed by atoms with Crippen LogP contribution in [0.5, 0.6) is 0 Å². The maximum absolute atomic E-state index is 13.4. The number of alkyl halides is 3. The number of benzene rings is 2. The number of anilines is 1. The molecule has 2 aromatic rings. The summed E-state index contributed by atoms with van der Waals surface area (Å²) in [5, 5.41) is 18.1. The van der Waals surface area contributed by atoms with Gasteiger partial charge in [-0.25, -0.2) is 9.59 Å². The van der Waals surface area contributed by atoms with E-state index >= 15 is 0 Å². The molecule has 3 N–H and O–H groups in total. The summed E-state index contributed by atoms with van der Waals surface area (Å²) in [5.74, 6) is -1.52. The fraction of sp³-hybridized carbons (Fsp3) is 0.240. The Morgan fingerprint density at radius 3 is 2.51 bits per heavy atom. The lowest BCUT2D eigenvalue weighted by Gasteiger charge is -2.43. The van der Waals surface area contributed by atoms with Crippen molar-refractivity contribution in [3.05, 3.63) is 76.0 Å². The smallest absolute Gasteiger partial charge is 0.416 e. The molecule has 0 aromatic heterocycles. The van der Waals surface area contributed by atoms with E-state index in [2.05, 4.69) is 0 Å². The number of hydrogen-bond acceptors (Lipinski definition) is 6. The molecule has 1 heterocycles. The van der Waals surface area contributed by atoms with Crippen molar-refractivity contribution in [2.45, 2.75) is 32.0 Å². The monoisotopic (exact) mass is 513 g/mol. The molecule has 2 amide bonds. The van der Waals surface area contributed by atoms with Gasteiger partial charge in [0.25, 0.3) is 0 Å². The summed E-state index contributed by atoms with van der Waals surface area (Å²) in [5.41, 5.74) is 5.37. The fourth-order valence-corrected chi connectivity index (χ4v) is 4.24. The average molecular weight is 513 g/mol. The van der Waals surface area contributed by atoms with Crippen LogP contribution >= 0.6 is 0 Å². The van der Waals surface area contributed by atoms with E-state index in [0.29, 0.717) is 17.4 Å². The van der Waals surface area contributed by atoms with Crippen LogP contribution in [0.15, 0.2) is 53.7 Å². The first-order valence-corrected chi connectivity index (χ1v) is 10.9. The number of esters is 1. The van der Waals surface area contributed by atoms with Gasteiger partial charge in [0.15, 0.2) is 0 Å². The van der Waals surface area contributed by atoms with E-state index in [9.17, 15) is 32.8 Å². The number of rotatable bonds is 6. The molecule has 0 unspecified atom stereocenters. The predicted octanol–water partition coefficient (Wildman–Crippen LogP) is 4.03. The summed E-state index contributed by atoms with van der Waals surface area (Å²) < 4.78 is 45.1. The normalized spacial score (nSPS) is 15.9. The van der Waals surface area contributed by atoms with Gasteiger partial charge < -0.3 is 15.3 Å². The molecule has 192 valence electrons. The molecule has 0 saturated heterocycles. The molecule has 1 aliphatic rings. The number of nitrogens with two attached hydrogens (primary N) is 1. The minimum absolute atomic E-state index is 0.0318. The summed E-state index contributed by atoms with van der Waals surface area (Å²) >= 11 is 0. The molecule has 0 aliphatic carbocycles. The lowest BCUT2D eigenvalue weighted by Crippen LogP contribution is -2.55. The number of hydrogen-bond donors (Lipinski definition) is 2. The third-order valence-corrected chi connectivity index (χ3v) is 5.87. The zero-order chi connectivity index (χ0) is 27.5. The van der Waals surface area contributed by atoms with E-state index in [1.54, 1.807) is 0 Å². The number of ether oxygens (including phenoxy) is 1. The van der Waals surface area contributed by atoms with E-state index in [1.807, 2.05) is 6.07 Å². The molecule has 9 nitrogen and oxygen atoms in total. The molecule has 0 fully saturated rings. The number of aldehydes is 1. The van der Waals surface area contributed by atoms with Crippen LogP contribution in [0.2, 0.25) is 0 Å². The zero-order valence-electron chi connectivity index (χ0n) is 19.8. The zero-order valence-corrected chi connectivity index (χ0v) is 19.8. The molecule has 37 heavy (non-hydrogen) atoms. The second-order valence-electron chi connectivity index (χ2n) is 8.04. The first-order chi connectivity index (χ1) is 17.5. The Morgan fingerprint density at radius 1 is 1.24 bits per heavy atom. The van der Waals surface area contributed by atoms with Crippen LogP contribution < -0.4 is 10.6 Å². The van der Waals surface area contributed by atoms with Crippen LogP contribution in [0, 0.1) is 16.7 Å². The number of methoxy groups -OCH3 is 1. The third kappa shape index (κ3) is 5.16. The average Bonchev–Trinajstić information content (AvgIpc) is 2.86. The van der Waals surface area contributed by atoms with Crippen LogP contribution in [0.4, 0.5) is 23.7 Å². The van der Waals surface area contributed by atoms with Crippen LogP contribution in [-0.2, 0) is 26.9 Å². The van der Waals surface area contributed by atoms with Crippen molar-refractivity contribution in [3.63, 3.8) is 0 Å². The molecule has 0 radical (unpaired) electrons. The van der Waals surface area contributed by atoms with Crippen molar-refractivity contribution in [1.29, 1.82) is 10.7 Å². The number of amides is 2. The Labute approximate surface area is 210 Å². The summed E-state index contributed by atoms with van der Waals surface area (Å²) in [7, 11) is 1.09. The van der Waals surface area contributed by atoms with Gasteiger partial charge in [0.1, 0.15) is 12.3 Å². The SMILES string of the molecule is COC(=O)C1=C(C)N(c2cccc(C(F)(F)F)c2)C(=N)N(C(N)=O)[C@@H]1c1ccc(C#N)cc1CCC=O. The van der Waals surface area contributed by atoms with Crippen molar-refractivity contribution < 1.29 is 32.3 Å².